The molecule has 74 valence electrons. The molecule has 0 amide bonds. The minimum Gasteiger partial charge on any atom is -0.494 e. The molecule has 0 radical (unpaired) electrons. The Hall–Kier alpha value is -0.380. The van der Waals surface area contributed by atoms with E-state index in [1.807, 2.05) is 0 Å². The molecule has 0 bridgehead atoms. The standard InChI is InChI=1S/C10H9ClOS2/c1-12-9-7-4-3-6(13-2)5-8(7)14-10(9)11/h3-5H,1-2H3. The Kier molecular flexibility index (Phi) is 2.91. The number of ether oxygens (including phenoxy) is 1. The van der Waals surface area contributed by atoms with Crippen LogP contribution < -0.4 is 4.74 Å². The highest BCUT2D eigenvalue weighted by molar-refractivity contribution is 7.98. The smallest absolute Gasteiger partial charge is 0.156 e. The van der Waals surface area contributed by atoms with Crippen molar-refractivity contribution in [3.8, 4) is 5.75 Å². The lowest BCUT2D eigenvalue weighted by molar-refractivity contribution is 0.421. The summed E-state index contributed by atoms with van der Waals surface area (Å²) in [5.74, 6) is 0.791. The van der Waals surface area contributed by atoms with Crippen molar-refractivity contribution in [2.45, 2.75) is 4.90 Å². The van der Waals surface area contributed by atoms with E-state index in [-0.39, 0.29) is 0 Å². The van der Waals surface area contributed by atoms with Crippen molar-refractivity contribution in [3.05, 3.63) is 22.5 Å². The first-order valence-corrected chi connectivity index (χ1v) is 6.48. The van der Waals surface area contributed by atoms with Crippen LogP contribution in [-0.2, 0) is 0 Å². The summed E-state index contributed by atoms with van der Waals surface area (Å²) < 4.78 is 7.15. The fourth-order valence-corrected chi connectivity index (χ4v) is 3.22. The average molecular weight is 245 g/mol. The second-order valence-corrected chi connectivity index (χ2v) is 5.31. The molecule has 0 fully saturated rings. The minimum absolute atomic E-state index is 0.723. The van der Waals surface area contributed by atoms with Gasteiger partial charge in [0.05, 0.1) is 7.11 Å². The summed E-state index contributed by atoms with van der Waals surface area (Å²) in [7, 11) is 1.65. The van der Waals surface area contributed by atoms with E-state index >= 15 is 0 Å². The molecule has 0 saturated heterocycles. The van der Waals surface area contributed by atoms with Crippen LogP contribution in [0.1, 0.15) is 0 Å². The van der Waals surface area contributed by atoms with Gasteiger partial charge in [-0.25, -0.2) is 0 Å². The molecule has 0 aliphatic carbocycles. The summed E-state index contributed by atoms with van der Waals surface area (Å²) in [6, 6.07) is 6.28. The van der Waals surface area contributed by atoms with Crippen molar-refractivity contribution >= 4 is 44.8 Å². The van der Waals surface area contributed by atoms with Crippen LogP contribution in [0.3, 0.4) is 0 Å². The van der Waals surface area contributed by atoms with Gasteiger partial charge in [-0.1, -0.05) is 11.6 Å². The quantitative estimate of drug-likeness (QED) is 0.729. The van der Waals surface area contributed by atoms with Crippen molar-refractivity contribution in [2.75, 3.05) is 13.4 Å². The van der Waals surface area contributed by atoms with Crippen LogP contribution in [0.2, 0.25) is 4.34 Å². The van der Waals surface area contributed by atoms with Gasteiger partial charge in [0.2, 0.25) is 0 Å². The summed E-state index contributed by atoms with van der Waals surface area (Å²) in [4.78, 5) is 1.25. The molecule has 2 aromatic rings. The van der Waals surface area contributed by atoms with Gasteiger partial charge in [-0.15, -0.1) is 23.1 Å². The molecule has 0 unspecified atom stereocenters. The van der Waals surface area contributed by atoms with Crippen LogP contribution >= 0.6 is 34.7 Å². The van der Waals surface area contributed by atoms with E-state index in [1.54, 1.807) is 30.2 Å². The zero-order valence-electron chi connectivity index (χ0n) is 7.83. The lowest BCUT2D eigenvalue weighted by Gasteiger charge is -1.98. The molecular weight excluding hydrogens is 236 g/mol. The van der Waals surface area contributed by atoms with Crippen LogP contribution in [0, 0.1) is 0 Å². The van der Waals surface area contributed by atoms with Crippen molar-refractivity contribution in [1.82, 2.24) is 0 Å². The topological polar surface area (TPSA) is 9.23 Å². The minimum atomic E-state index is 0.723. The largest absolute Gasteiger partial charge is 0.494 e. The van der Waals surface area contributed by atoms with Gasteiger partial charge >= 0.3 is 0 Å². The van der Waals surface area contributed by atoms with Gasteiger partial charge in [-0.05, 0) is 24.5 Å². The Morgan fingerprint density at radius 1 is 1.43 bits per heavy atom. The third-order valence-corrected chi connectivity index (χ3v) is 4.07. The van der Waals surface area contributed by atoms with E-state index in [9.17, 15) is 0 Å². The number of benzene rings is 1. The first kappa shape index (κ1) is 10.1. The first-order valence-electron chi connectivity index (χ1n) is 4.06. The van der Waals surface area contributed by atoms with Crippen LogP contribution in [-0.4, -0.2) is 13.4 Å². The molecule has 1 aromatic heterocycles. The summed E-state index contributed by atoms with van der Waals surface area (Å²) >= 11 is 9.34. The summed E-state index contributed by atoms with van der Waals surface area (Å²) in [5.41, 5.74) is 0. The third-order valence-electron chi connectivity index (χ3n) is 2.02. The van der Waals surface area contributed by atoms with Crippen molar-refractivity contribution in [3.63, 3.8) is 0 Å². The predicted octanol–water partition coefficient (Wildman–Crippen LogP) is 4.29. The van der Waals surface area contributed by atoms with Crippen molar-refractivity contribution < 1.29 is 4.74 Å². The molecule has 2 rings (SSSR count). The molecular formula is C10H9ClOS2. The van der Waals surface area contributed by atoms with Gasteiger partial charge in [0.25, 0.3) is 0 Å². The lowest BCUT2D eigenvalue weighted by Crippen LogP contribution is -1.80. The molecule has 0 aliphatic rings. The lowest BCUT2D eigenvalue weighted by atomic mass is 10.2. The van der Waals surface area contributed by atoms with E-state index in [2.05, 4.69) is 24.5 Å². The van der Waals surface area contributed by atoms with Crippen LogP contribution in [0.25, 0.3) is 10.1 Å². The van der Waals surface area contributed by atoms with E-state index in [1.165, 1.54) is 9.60 Å². The fourth-order valence-electron chi connectivity index (χ4n) is 1.34. The highest BCUT2D eigenvalue weighted by Crippen LogP contribution is 2.42. The van der Waals surface area contributed by atoms with E-state index < -0.39 is 0 Å². The average Bonchev–Trinajstić information content (AvgIpc) is 2.51. The van der Waals surface area contributed by atoms with Crippen LogP contribution in [0.15, 0.2) is 23.1 Å². The molecule has 0 spiro atoms. The highest BCUT2D eigenvalue weighted by Gasteiger charge is 2.10. The van der Waals surface area contributed by atoms with Crippen LogP contribution in [0.4, 0.5) is 0 Å². The number of hydrogen-bond donors (Lipinski definition) is 0. The molecule has 14 heavy (non-hydrogen) atoms. The number of halogens is 1. The van der Waals surface area contributed by atoms with E-state index in [0.717, 1.165) is 15.5 Å². The Labute approximate surface area is 96.0 Å². The molecule has 0 atom stereocenters. The van der Waals surface area contributed by atoms with Crippen molar-refractivity contribution in [1.29, 1.82) is 0 Å². The van der Waals surface area contributed by atoms with Gasteiger partial charge in [0, 0.05) is 15.0 Å². The SMILES string of the molecule is COc1c(Cl)sc2cc(SC)ccc12. The zero-order valence-corrected chi connectivity index (χ0v) is 10.2. The number of hydrogen-bond acceptors (Lipinski definition) is 3. The summed E-state index contributed by atoms with van der Waals surface area (Å²) in [5, 5.41) is 1.10. The fraction of sp³-hybridized carbons (Fsp3) is 0.200. The molecule has 4 heteroatoms. The predicted molar refractivity (Wildman–Crippen MR) is 65.2 cm³/mol. The van der Waals surface area contributed by atoms with Crippen LogP contribution in [0.5, 0.6) is 5.75 Å². The Morgan fingerprint density at radius 3 is 2.86 bits per heavy atom. The maximum Gasteiger partial charge on any atom is 0.156 e. The Balaban J connectivity index is 2.68. The molecule has 1 nitrogen and oxygen atoms in total. The normalized spacial score (nSPS) is 10.8. The molecule has 0 N–H and O–H groups in total. The van der Waals surface area contributed by atoms with Crippen molar-refractivity contribution in [2.24, 2.45) is 0 Å². The second kappa shape index (κ2) is 4.01. The maximum absolute atomic E-state index is 6.05. The van der Waals surface area contributed by atoms with Gasteiger partial charge in [-0.3, -0.25) is 0 Å². The number of fused-ring (bicyclic) bond motifs is 1. The number of thioether (sulfide) groups is 1. The monoisotopic (exact) mass is 244 g/mol. The van der Waals surface area contributed by atoms with Gasteiger partial charge in [0.15, 0.2) is 5.75 Å². The van der Waals surface area contributed by atoms with E-state index in [4.69, 9.17) is 16.3 Å². The second-order valence-electron chi connectivity index (χ2n) is 2.77. The zero-order chi connectivity index (χ0) is 10.1. The van der Waals surface area contributed by atoms with Gasteiger partial charge in [-0.2, -0.15) is 0 Å². The molecule has 0 saturated carbocycles. The Morgan fingerprint density at radius 2 is 2.21 bits per heavy atom. The highest BCUT2D eigenvalue weighted by atomic mass is 35.5. The summed E-state index contributed by atoms with van der Waals surface area (Å²) in [6.07, 6.45) is 2.06. The molecule has 1 aromatic carbocycles. The summed E-state index contributed by atoms with van der Waals surface area (Å²) in [6.45, 7) is 0. The van der Waals surface area contributed by atoms with Gasteiger partial charge < -0.3 is 4.74 Å². The van der Waals surface area contributed by atoms with Gasteiger partial charge in [0.1, 0.15) is 4.34 Å². The molecule has 0 aliphatic heterocycles. The first-order chi connectivity index (χ1) is 6.76. The Bertz CT molecular complexity index is 464. The number of methoxy groups -OCH3 is 1. The third kappa shape index (κ3) is 1.60. The molecule has 1 heterocycles. The number of rotatable bonds is 2. The maximum atomic E-state index is 6.05. The number of thiophene rings is 1. The van der Waals surface area contributed by atoms with E-state index in [0.29, 0.717) is 0 Å².